The summed E-state index contributed by atoms with van der Waals surface area (Å²) in [6, 6.07) is 10.7. The van der Waals surface area contributed by atoms with Crippen molar-refractivity contribution in [2.45, 2.75) is 0 Å². The molecule has 1 heterocycles. The number of ether oxygens (including phenoxy) is 1. The van der Waals surface area contributed by atoms with Crippen molar-refractivity contribution in [2.24, 2.45) is 0 Å². The van der Waals surface area contributed by atoms with Gasteiger partial charge in [0.25, 0.3) is 0 Å². The smallest absolute Gasteiger partial charge is 0.340 e. The van der Waals surface area contributed by atoms with Gasteiger partial charge in [-0.1, -0.05) is 41.4 Å². The van der Waals surface area contributed by atoms with Crippen LogP contribution in [0, 0.1) is 0 Å². The van der Waals surface area contributed by atoms with Gasteiger partial charge >= 0.3 is 5.97 Å². The molecule has 0 unspecified atom stereocenters. The molecular weight excluding hydrogens is 335 g/mol. The number of halogens is 2. The standard InChI is InChI=1S/C17H12Cl2N2O2/c1-23-17(22)11-5-3-7-13-16(11)21-14(20-13)9-8-10-4-2-6-12(18)15(10)19/h2-9H,1H3,(H,20,21). The summed E-state index contributed by atoms with van der Waals surface area (Å²) in [5.74, 6) is 0.183. The van der Waals surface area contributed by atoms with E-state index in [9.17, 15) is 4.79 Å². The van der Waals surface area contributed by atoms with Crippen LogP contribution >= 0.6 is 23.2 Å². The largest absolute Gasteiger partial charge is 0.465 e. The molecule has 0 fully saturated rings. The molecule has 0 aliphatic carbocycles. The summed E-state index contributed by atoms with van der Waals surface area (Å²) in [5.41, 5.74) is 2.52. The Morgan fingerprint density at radius 2 is 1.96 bits per heavy atom. The second kappa shape index (κ2) is 6.44. The number of nitrogens with zero attached hydrogens (tertiary/aromatic N) is 1. The summed E-state index contributed by atoms with van der Waals surface area (Å²) < 4.78 is 4.77. The second-order valence-electron chi connectivity index (χ2n) is 4.79. The number of carbonyl (C=O) groups is 1. The number of para-hydroxylation sites is 1. The van der Waals surface area contributed by atoms with Crippen molar-refractivity contribution < 1.29 is 9.53 Å². The van der Waals surface area contributed by atoms with Gasteiger partial charge in [-0.15, -0.1) is 0 Å². The van der Waals surface area contributed by atoms with Crippen molar-refractivity contribution in [2.75, 3.05) is 7.11 Å². The second-order valence-corrected chi connectivity index (χ2v) is 5.58. The van der Waals surface area contributed by atoms with Crippen molar-refractivity contribution in [1.82, 2.24) is 9.97 Å². The number of carbonyl (C=O) groups excluding carboxylic acids is 1. The lowest BCUT2D eigenvalue weighted by molar-refractivity contribution is 0.0603. The Morgan fingerprint density at radius 1 is 1.17 bits per heavy atom. The van der Waals surface area contributed by atoms with Crippen LogP contribution in [0.25, 0.3) is 23.2 Å². The number of aromatic nitrogens is 2. The van der Waals surface area contributed by atoms with Gasteiger partial charge in [0.15, 0.2) is 0 Å². The van der Waals surface area contributed by atoms with Gasteiger partial charge in [0.05, 0.1) is 28.2 Å². The van der Waals surface area contributed by atoms with Crippen molar-refractivity contribution >= 4 is 52.4 Å². The van der Waals surface area contributed by atoms with Gasteiger partial charge in [-0.05, 0) is 35.9 Å². The van der Waals surface area contributed by atoms with Crippen LogP contribution in [0.3, 0.4) is 0 Å². The Balaban J connectivity index is 2.00. The lowest BCUT2D eigenvalue weighted by atomic mass is 10.2. The molecular formula is C17H12Cl2N2O2. The summed E-state index contributed by atoms with van der Waals surface area (Å²) in [7, 11) is 1.34. The minimum atomic E-state index is -0.421. The van der Waals surface area contributed by atoms with E-state index in [4.69, 9.17) is 27.9 Å². The van der Waals surface area contributed by atoms with Gasteiger partial charge in [-0.2, -0.15) is 0 Å². The zero-order valence-corrected chi connectivity index (χ0v) is 13.7. The molecule has 23 heavy (non-hydrogen) atoms. The van der Waals surface area contributed by atoms with Crippen LogP contribution in [0.1, 0.15) is 21.7 Å². The third-order valence-electron chi connectivity index (χ3n) is 3.34. The van der Waals surface area contributed by atoms with E-state index in [1.54, 1.807) is 24.3 Å². The molecule has 0 spiro atoms. The van der Waals surface area contributed by atoms with Crippen LogP contribution < -0.4 is 0 Å². The number of imidazole rings is 1. The maximum Gasteiger partial charge on any atom is 0.340 e. The average molecular weight is 347 g/mol. The van der Waals surface area contributed by atoms with Crippen molar-refractivity contribution in [3.63, 3.8) is 0 Å². The van der Waals surface area contributed by atoms with Gasteiger partial charge in [-0.25, -0.2) is 9.78 Å². The summed E-state index contributed by atoms with van der Waals surface area (Å²) in [5, 5.41) is 0.975. The van der Waals surface area contributed by atoms with E-state index in [2.05, 4.69) is 9.97 Å². The summed E-state index contributed by atoms with van der Waals surface area (Å²) >= 11 is 12.1. The monoisotopic (exact) mass is 346 g/mol. The van der Waals surface area contributed by atoms with Crippen molar-refractivity contribution in [1.29, 1.82) is 0 Å². The maximum absolute atomic E-state index is 11.8. The number of fused-ring (bicyclic) bond motifs is 1. The number of benzene rings is 2. The predicted octanol–water partition coefficient (Wildman–Crippen LogP) is 4.83. The Hall–Kier alpha value is -2.30. The molecule has 0 aliphatic rings. The predicted molar refractivity (Wildman–Crippen MR) is 92.8 cm³/mol. The highest BCUT2D eigenvalue weighted by atomic mass is 35.5. The van der Waals surface area contributed by atoms with Gasteiger partial charge in [0, 0.05) is 0 Å². The normalized spacial score (nSPS) is 11.3. The van der Waals surface area contributed by atoms with Crippen LogP contribution in [-0.2, 0) is 4.74 Å². The molecule has 3 rings (SSSR count). The molecule has 0 amide bonds. The molecule has 0 bridgehead atoms. The van der Waals surface area contributed by atoms with Crippen LogP contribution in [0.2, 0.25) is 10.0 Å². The zero-order chi connectivity index (χ0) is 16.4. The molecule has 116 valence electrons. The van der Waals surface area contributed by atoms with Gasteiger partial charge < -0.3 is 9.72 Å². The van der Waals surface area contributed by atoms with Crippen LogP contribution in [-0.4, -0.2) is 23.0 Å². The molecule has 0 aliphatic heterocycles. The number of esters is 1. The minimum absolute atomic E-state index is 0.418. The Kier molecular flexibility index (Phi) is 4.37. The number of H-pyrrole nitrogens is 1. The van der Waals surface area contributed by atoms with E-state index < -0.39 is 5.97 Å². The molecule has 1 N–H and O–H groups in total. The summed E-state index contributed by atoms with van der Waals surface area (Å²) in [4.78, 5) is 19.3. The first-order chi connectivity index (χ1) is 11.1. The number of hydrogen-bond acceptors (Lipinski definition) is 3. The lowest BCUT2D eigenvalue weighted by Gasteiger charge is -1.99. The molecule has 0 saturated heterocycles. The SMILES string of the molecule is COC(=O)c1cccc2[nH]c(C=Cc3cccc(Cl)c3Cl)nc12. The van der Waals surface area contributed by atoms with Crippen LogP contribution in [0.4, 0.5) is 0 Å². The first-order valence-corrected chi connectivity index (χ1v) is 7.55. The maximum atomic E-state index is 11.8. The Morgan fingerprint density at radius 3 is 2.74 bits per heavy atom. The Bertz CT molecular complexity index is 916. The van der Waals surface area contributed by atoms with Gasteiger partial charge in [0.1, 0.15) is 11.3 Å². The fourth-order valence-corrected chi connectivity index (χ4v) is 2.59. The first kappa shape index (κ1) is 15.6. The molecule has 3 aromatic rings. The first-order valence-electron chi connectivity index (χ1n) is 6.79. The summed E-state index contributed by atoms with van der Waals surface area (Å²) in [6.45, 7) is 0. The molecule has 1 aromatic heterocycles. The van der Waals surface area contributed by atoms with E-state index in [-0.39, 0.29) is 0 Å². The molecule has 0 radical (unpaired) electrons. The van der Waals surface area contributed by atoms with E-state index >= 15 is 0 Å². The van der Waals surface area contributed by atoms with Gasteiger partial charge in [0.2, 0.25) is 0 Å². The minimum Gasteiger partial charge on any atom is -0.465 e. The van der Waals surface area contributed by atoms with Gasteiger partial charge in [-0.3, -0.25) is 0 Å². The average Bonchev–Trinajstić information content (AvgIpc) is 2.98. The summed E-state index contributed by atoms with van der Waals surface area (Å²) in [6.07, 6.45) is 3.59. The fourth-order valence-electron chi connectivity index (χ4n) is 2.22. The fraction of sp³-hybridized carbons (Fsp3) is 0.0588. The quantitative estimate of drug-likeness (QED) is 0.691. The van der Waals surface area contributed by atoms with Crippen molar-refractivity contribution in [3.05, 3.63) is 63.4 Å². The molecule has 0 saturated carbocycles. The van der Waals surface area contributed by atoms with Crippen LogP contribution in [0.15, 0.2) is 36.4 Å². The van der Waals surface area contributed by atoms with E-state index in [1.165, 1.54) is 7.11 Å². The lowest BCUT2D eigenvalue weighted by Crippen LogP contribution is -2.01. The number of nitrogens with one attached hydrogen (secondary N) is 1. The molecule has 2 aromatic carbocycles. The zero-order valence-electron chi connectivity index (χ0n) is 12.1. The van der Waals surface area contributed by atoms with E-state index in [0.29, 0.717) is 26.9 Å². The Labute approximate surface area is 142 Å². The van der Waals surface area contributed by atoms with Crippen molar-refractivity contribution in [3.8, 4) is 0 Å². The molecule has 4 nitrogen and oxygen atoms in total. The third-order valence-corrected chi connectivity index (χ3v) is 4.17. The highest BCUT2D eigenvalue weighted by molar-refractivity contribution is 6.42. The van der Waals surface area contributed by atoms with E-state index in [1.807, 2.05) is 24.3 Å². The molecule has 6 heteroatoms. The highest BCUT2D eigenvalue weighted by Crippen LogP contribution is 2.27. The number of rotatable bonds is 3. The van der Waals surface area contributed by atoms with E-state index in [0.717, 1.165) is 11.1 Å². The highest BCUT2D eigenvalue weighted by Gasteiger charge is 2.13. The number of aromatic amines is 1. The third kappa shape index (κ3) is 3.09. The topological polar surface area (TPSA) is 55.0 Å². The number of hydrogen-bond donors (Lipinski definition) is 1. The van der Waals surface area contributed by atoms with Crippen LogP contribution in [0.5, 0.6) is 0 Å². The molecule has 0 atom stereocenters. The number of methoxy groups -OCH3 is 1.